The number of hydrogen-bond acceptors (Lipinski definition) is 1. The maximum Gasteiger partial charge on any atom is 0.134 e. The van der Waals surface area contributed by atoms with Crippen LogP contribution in [0.5, 0.6) is 5.75 Å². The summed E-state index contributed by atoms with van der Waals surface area (Å²) in [5, 5.41) is 2.37. The first-order valence-electron chi connectivity index (χ1n) is 4.42. The molecule has 0 aliphatic rings. The van der Waals surface area contributed by atoms with Crippen molar-refractivity contribution < 1.29 is 4.74 Å². The van der Waals surface area contributed by atoms with Gasteiger partial charge in [-0.1, -0.05) is 30.3 Å². The van der Waals surface area contributed by atoms with E-state index in [0.717, 1.165) is 10.2 Å². The van der Waals surface area contributed by atoms with Crippen molar-refractivity contribution in [2.75, 3.05) is 6.61 Å². The van der Waals surface area contributed by atoms with Gasteiger partial charge in [-0.2, -0.15) is 0 Å². The fraction of sp³-hybridized carbons (Fsp3) is 0.0833. The Hall–Kier alpha value is -1.02. The molecule has 2 heteroatoms. The van der Waals surface area contributed by atoms with E-state index in [0.29, 0.717) is 6.61 Å². The van der Waals surface area contributed by atoms with Crippen molar-refractivity contribution in [3.8, 4) is 5.75 Å². The smallest absolute Gasteiger partial charge is 0.134 e. The fourth-order valence-corrected chi connectivity index (χ4v) is 2.04. The third kappa shape index (κ3) is 1.62. The number of benzene rings is 2. The molecule has 0 aromatic heterocycles. The molecule has 14 heavy (non-hydrogen) atoms. The van der Waals surface area contributed by atoms with Crippen LogP contribution in [-0.2, 0) is 0 Å². The van der Waals surface area contributed by atoms with E-state index < -0.39 is 0 Å². The van der Waals surface area contributed by atoms with Crippen molar-refractivity contribution in [3.05, 3.63) is 47.8 Å². The summed E-state index contributed by atoms with van der Waals surface area (Å²) in [5.41, 5.74) is 0. The van der Waals surface area contributed by atoms with Gasteiger partial charge in [0.1, 0.15) is 5.75 Å². The zero-order valence-electron chi connectivity index (χ0n) is 7.66. The predicted octanol–water partition coefficient (Wildman–Crippen LogP) is 3.82. The van der Waals surface area contributed by atoms with Gasteiger partial charge in [-0.05, 0) is 39.7 Å². The lowest BCUT2D eigenvalue weighted by Gasteiger charge is -2.07. The lowest BCUT2D eigenvalue weighted by molar-refractivity contribution is 0.359. The molecule has 0 spiro atoms. The van der Waals surface area contributed by atoms with Crippen LogP contribution in [0.25, 0.3) is 10.8 Å². The summed E-state index contributed by atoms with van der Waals surface area (Å²) < 4.78 is 6.39. The van der Waals surface area contributed by atoms with E-state index in [1.807, 2.05) is 24.3 Å². The maximum absolute atomic E-state index is 5.39. The van der Waals surface area contributed by atoms with Gasteiger partial charge in [0.2, 0.25) is 0 Å². The second-order valence-electron chi connectivity index (χ2n) is 2.95. The molecule has 0 fully saturated rings. The van der Waals surface area contributed by atoms with Gasteiger partial charge in [-0.3, -0.25) is 0 Å². The van der Waals surface area contributed by atoms with Crippen LogP contribution in [0.3, 0.4) is 0 Å². The van der Waals surface area contributed by atoms with Crippen molar-refractivity contribution >= 4 is 26.7 Å². The summed E-state index contributed by atoms with van der Waals surface area (Å²) >= 11 is 3.53. The molecule has 2 aromatic carbocycles. The third-order valence-electron chi connectivity index (χ3n) is 2.09. The van der Waals surface area contributed by atoms with Crippen LogP contribution in [0.15, 0.2) is 40.9 Å². The Morgan fingerprint density at radius 2 is 1.93 bits per heavy atom. The molecular formula is C12H10BrO. The van der Waals surface area contributed by atoms with Gasteiger partial charge in [0.15, 0.2) is 0 Å². The molecule has 0 saturated heterocycles. The molecule has 1 nitrogen and oxygen atoms in total. The monoisotopic (exact) mass is 249 g/mol. The molecule has 0 unspecified atom stereocenters. The number of ether oxygens (including phenoxy) is 1. The molecule has 71 valence electrons. The quantitative estimate of drug-likeness (QED) is 0.787. The minimum Gasteiger partial charge on any atom is -0.492 e. The highest BCUT2D eigenvalue weighted by molar-refractivity contribution is 9.10. The minimum absolute atomic E-state index is 0.441. The highest BCUT2D eigenvalue weighted by Gasteiger charge is 2.04. The van der Waals surface area contributed by atoms with Crippen molar-refractivity contribution in [2.24, 2.45) is 0 Å². The first-order valence-corrected chi connectivity index (χ1v) is 5.21. The normalized spacial score (nSPS) is 10.4. The Kier molecular flexibility index (Phi) is 2.73. The molecule has 2 aromatic rings. The van der Waals surface area contributed by atoms with Crippen molar-refractivity contribution in [1.82, 2.24) is 0 Å². The van der Waals surface area contributed by atoms with Gasteiger partial charge in [-0.15, -0.1) is 0 Å². The maximum atomic E-state index is 5.39. The summed E-state index contributed by atoms with van der Waals surface area (Å²) in [6.45, 7) is 4.10. The first-order chi connectivity index (χ1) is 6.83. The van der Waals surface area contributed by atoms with Crippen LogP contribution in [0.1, 0.15) is 0 Å². The van der Waals surface area contributed by atoms with Crippen LogP contribution >= 0.6 is 15.9 Å². The van der Waals surface area contributed by atoms with Gasteiger partial charge >= 0.3 is 0 Å². The molecule has 0 aliphatic carbocycles. The van der Waals surface area contributed by atoms with Crippen molar-refractivity contribution in [3.63, 3.8) is 0 Å². The molecule has 2 rings (SSSR count). The fourth-order valence-electron chi connectivity index (χ4n) is 1.44. The second kappa shape index (κ2) is 4.01. The first kappa shape index (κ1) is 9.53. The lowest BCUT2D eigenvalue weighted by Crippen LogP contribution is -1.92. The van der Waals surface area contributed by atoms with E-state index in [2.05, 4.69) is 35.0 Å². The van der Waals surface area contributed by atoms with E-state index in [4.69, 9.17) is 4.74 Å². The van der Waals surface area contributed by atoms with Crippen LogP contribution in [0.2, 0.25) is 0 Å². The number of rotatable bonds is 2. The molecule has 0 N–H and O–H groups in total. The van der Waals surface area contributed by atoms with Crippen LogP contribution in [0, 0.1) is 6.92 Å². The van der Waals surface area contributed by atoms with Gasteiger partial charge in [-0.25, -0.2) is 0 Å². The molecule has 1 radical (unpaired) electrons. The Morgan fingerprint density at radius 1 is 1.14 bits per heavy atom. The van der Waals surface area contributed by atoms with Gasteiger partial charge < -0.3 is 4.74 Å². The van der Waals surface area contributed by atoms with E-state index >= 15 is 0 Å². The third-order valence-corrected chi connectivity index (χ3v) is 2.90. The van der Waals surface area contributed by atoms with Gasteiger partial charge in [0.25, 0.3) is 0 Å². The molecule has 0 bridgehead atoms. The van der Waals surface area contributed by atoms with Gasteiger partial charge in [0, 0.05) is 0 Å². The summed E-state index contributed by atoms with van der Waals surface area (Å²) in [6, 6.07) is 12.2. The summed E-state index contributed by atoms with van der Waals surface area (Å²) in [7, 11) is 0. The Balaban J connectivity index is 2.63. The van der Waals surface area contributed by atoms with Crippen LogP contribution in [0.4, 0.5) is 0 Å². The summed E-state index contributed by atoms with van der Waals surface area (Å²) in [4.78, 5) is 0. The standard InChI is InChI=1S/C12H10BrO/c1-2-14-11-8-7-9-5-3-4-6-10(9)12(11)13/h3-8H,1-2H2. The topological polar surface area (TPSA) is 9.23 Å². The Bertz CT molecular complexity index is 451. The number of hydrogen-bond donors (Lipinski definition) is 0. The second-order valence-corrected chi connectivity index (χ2v) is 3.74. The largest absolute Gasteiger partial charge is 0.492 e. The molecular weight excluding hydrogens is 240 g/mol. The lowest BCUT2D eigenvalue weighted by atomic mass is 10.1. The van der Waals surface area contributed by atoms with E-state index in [1.165, 1.54) is 10.8 Å². The average molecular weight is 250 g/mol. The number of halogens is 1. The highest BCUT2D eigenvalue weighted by atomic mass is 79.9. The van der Waals surface area contributed by atoms with Crippen LogP contribution in [-0.4, -0.2) is 6.61 Å². The number of fused-ring (bicyclic) bond motifs is 1. The SMILES string of the molecule is [CH2]COc1ccc2ccccc2c1Br. The predicted molar refractivity (Wildman–Crippen MR) is 62.5 cm³/mol. The zero-order valence-corrected chi connectivity index (χ0v) is 9.25. The van der Waals surface area contributed by atoms with Crippen molar-refractivity contribution in [1.29, 1.82) is 0 Å². The van der Waals surface area contributed by atoms with E-state index in [-0.39, 0.29) is 0 Å². The Morgan fingerprint density at radius 3 is 2.71 bits per heavy atom. The zero-order chi connectivity index (χ0) is 9.97. The summed E-state index contributed by atoms with van der Waals surface area (Å²) in [5.74, 6) is 0.846. The molecule has 0 atom stereocenters. The van der Waals surface area contributed by atoms with Crippen molar-refractivity contribution in [2.45, 2.75) is 0 Å². The minimum atomic E-state index is 0.441. The van der Waals surface area contributed by atoms with Crippen LogP contribution < -0.4 is 4.74 Å². The van der Waals surface area contributed by atoms with E-state index in [9.17, 15) is 0 Å². The van der Waals surface area contributed by atoms with E-state index in [1.54, 1.807) is 0 Å². The highest BCUT2D eigenvalue weighted by Crippen LogP contribution is 2.32. The summed E-state index contributed by atoms with van der Waals surface area (Å²) in [6.07, 6.45) is 0. The molecule has 0 aliphatic heterocycles. The molecule has 0 heterocycles. The molecule has 0 saturated carbocycles. The van der Waals surface area contributed by atoms with Gasteiger partial charge in [0.05, 0.1) is 11.1 Å². The Labute approximate surface area is 91.8 Å². The molecule has 0 amide bonds. The average Bonchev–Trinajstić information content (AvgIpc) is 2.23.